The third-order valence-electron chi connectivity index (χ3n) is 5.48. The molecule has 1 aliphatic heterocycles. The maximum Gasteiger partial charge on any atom is 0.319 e. The van der Waals surface area contributed by atoms with Crippen LogP contribution < -0.4 is 15.4 Å². The number of nitrogens with one attached hydrogen (secondary N) is 2. The van der Waals surface area contributed by atoms with Crippen LogP contribution in [-0.4, -0.2) is 36.2 Å². The van der Waals surface area contributed by atoms with E-state index in [1.165, 1.54) is 0 Å². The van der Waals surface area contributed by atoms with E-state index in [-0.39, 0.29) is 17.2 Å². The SMILES string of the molecule is O=C(Nc1cccc2c1C[C@H](O)C2)N[C@@H]1CC(CF)(CF)Oc2c(Cl)cccc21. The lowest BCUT2D eigenvalue weighted by Crippen LogP contribution is -2.49. The number of ether oxygens (including phenoxy) is 1. The van der Waals surface area contributed by atoms with Crippen molar-refractivity contribution in [3.8, 4) is 5.75 Å². The molecule has 8 heteroatoms. The number of hydrogen-bond donors (Lipinski definition) is 3. The number of halogens is 3. The third kappa shape index (κ3) is 3.76. The Bertz CT molecular complexity index is 936. The highest BCUT2D eigenvalue weighted by atomic mass is 35.5. The standard InChI is InChI=1S/C21H21ClF2N2O3/c22-16-5-2-4-14-18(9-21(10-23,11-24)29-19(14)16)26-20(28)25-17-6-1-3-12-7-13(27)8-15(12)17/h1-6,13,18,27H,7-11H2,(H2,25,26,28)/t13-,18-/m1/s1. The van der Waals surface area contributed by atoms with Crippen LogP contribution in [0.15, 0.2) is 36.4 Å². The van der Waals surface area contributed by atoms with Gasteiger partial charge in [0.25, 0.3) is 0 Å². The third-order valence-corrected chi connectivity index (χ3v) is 5.77. The van der Waals surface area contributed by atoms with Crippen molar-refractivity contribution in [1.29, 1.82) is 0 Å². The zero-order valence-corrected chi connectivity index (χ0v) is 16.3. The Morgan fingerprint density at radius 1 is 1.21 bits per heavy atom. The molecule has 0 spiro atoms. The first-order chi connectivity index (χ1) is 13.9. The Balaban J connectivity index is 1.57. The molecule has 1 heterocycles. The van der Waals surface area contributed by atoms with Crippen molar-refractivity contribution in [1.82, 2.24) is 5.32 Å². The zero-order valence-electron chi connectivity index (χ0n) is 15.6. The Labute approximate surface area is 172 Å². The van der Waals surface area contributed by atoms with Gasteiger partial charge in [-0.15, -0.1) is 0 Å². The number of urea groups is 1. The van der Waals surface area contributed by atoms with Crippen LogP contribution in [-0.2, 0) is 12.8 Å². The summed E-state index contributed by atoms with van der Waals surface area (Å²) in [5, 5.41) is 15.7. The maximum atomic E-state index is 13.6. The smallest absolute Gasteiger partial charge is 0.319 e. The average Bonchev–Trinajstić information content (AvgIpc) is 3.10. The predicted molar refractivity (Wildman–Crippen MR) is 106 cm³/mol. The molecule has 1 aliphatic carbocycles. The second-order valence-corrected chi connectivity index (χ2v) is 7.98. The summed E-state index contributed by atoms with van der Waals surface area (Å²) in [6.07, 6.45) is 0.490. The number of para-hydroxylation sites is 1. The van der Waals surface area contributed by atoms with E-state index >= 15 is 0 Å². The summed E-state index contributed by atoms with van der Waals surface area (Å²) < 4.78 is 32.9. The Morgan fingerprint density at radius 2 is 1.97 bits per heavy atom. The second-order valence-electron chi connectivity index (χ2n) is 7.57. The fourth-order valence-electron chi connectivity index (χ4n) is 4.04. The largest absolute Gasteiger partial charge is 0.480 e. The van der Waals surface area contributed by atoms with Crippen LogP contribution in [0.2, 0.25) is 5.02 Å². The summed E-state index contributed by atoms with van der Waals surface area (Å²) in [5.41, 5.74) is 1.38. The van der Waals surface area contributed by atoms with E-state index < -0.39 is 37.1 Å². The van der Waals surface area contributed by atoms with Crippen LogP contribution in [0.1, 0.15) is 29.2 Å². The molecule has 0 saturated heterocycles. The fraction of sp³-hybridized carbons (Fsp3) is 0.381. The number of carbonyl (C=O) groups is 1. The fourth-order valence-corrected chi connectivity index (χ4v) is 4.26. The van der Waals surface area contributed by atoms with Gasteiger partial charge in [-0.3, -0.25) is 0 Å². The predicted octanol–water partition coefficient (Wildman–Crippen LogP) is 4.12. The summed E-state index contributed by atoms with van der Waals surface area (Å²) in [5.74, 6) is 0.185. The van der Waals surface area contributed by atoms with Gasteiger partial charge in [0.2, 0.25) is 0 Å². The molecular formula is C21H21ClF2N2O3. The molecule has 2 amide bonds. The minimum atomic E-state index is -1.69. The number of hydrogen-bond acceptors (Lipinski definition) is 3. The number of aliphatic hydroxyl groups excluding tert-OH is 1. The normalized spacial score (nSPS) is 21.7. The van der Waals surface area contributed by atoms with Crippen molar-refractivity contribution in [2.24, 2.45) is 0 Å². The van der Waals surface area contributed by atoms with Gasteiger partial charge >= 0.3 is 6.03 Å². The molecule has 0 fully saturated rings. The highest BCUT2D eigenvalue weighted by molar-refractivity contribution is 6.32. The molecule has 4 rings (SSSR count). The highest BCUT2D eigenvalue weighted by Crippen LogP contribution is 2.44. The van der Waals surface area contributed by atoms with Gasteiger partial charge in [-0.05, 0) is 29.7 Å². The summed E-state index contributed by atoms with van der Waals surface area (Å²) in [6, 6.07) is 9.29. The van der Waals surface area contributed by atoms with E-state index in [0.717, 1.165) is 11.1 Å². The van der Waals surface area contributed by atoms with Gasteiger partial charge < -0.3 is 20.5 Å². The number of carbonyl (C=O) groups excluding carboxylic acids is 1. The summed E-state index contributed by atoms with van der Waals surface area (Å²) in [4.78, 5) is 12.7. The van der Waals surface area contributed by atoms with Gasteiger partial charge in [-0.2, -0.15) is 0 Å². The Hall–Kier alpha value is -2.38. The molecule has 0 saturated carbocycles. The molecule has 29 heavy (non-hydrogen) atoms. The zero-order chi connectivity index (χ0) is 20.6. The quantitative estimate of drug-likeness (QED) is 0.694. The molecule has 5 nitrogen and oxygen atoms in total. The molecule has 2 aromatic carbocycles. The molecule has 2 aliphatic rings. The van der Waals surface area contributed by atoms with Gasteiger partial charge in [0.1, 0.15) is 19.1 Å². The minimum Gasteiger partial charge on any atom is -0.480 e. The lowest BCUT2D eigenvalue weighted by Gasteiger charge is -2.39. The van der Waals surface area contributed by atoms with Crippen molar-refractivity contribution in [2.75, 3.05) is 18.7 Å². The summed E-state index contributed by atoms with van der Waals surface area (Å²) in [6.45, 7) is -2.09. The molecule has 2 aromatic rings. The molecule has 0 unspecified atom stereocenters. The van der Waals surface area contributed by atoms with E-state index in [9.17, 15) is 18.7 Å². The topological polar surface area (TPSA) is 70.6 Å². The van der Waals surface area contributed by atoms with Crippen LogP contribution >= 0.6 is 11.6 Å². The average molecular weight is 423 g/mol. The van der Waals surface area contributed by atoms with Gasteiger partial charge in [0.05, 0.1) is 17.2 Å². The second kappa shape index (κ2) is 7.80. The van der Waals surface area contributed by atoms with E-state index in [2.05, 4.69) is 10.6 Å². The first-order valence-corrected chi connectivity index (χ1v) is 9.78. The van der Waals surface area contributed by atoms with E-state index in [1.54, 1.807) is 24.3 Å². The molecule has 2 atom stereocenters. The maximum absolute atomic E-state index is 13.6. The number of benzene rings is 2. The van der Waals surface area contributed by atoms with Crippen molar-refractivity contribution in [3.63, 3.8) is 0 Å². The van der Waals surface area contributed by atoms with Crippen LogP contribution in [0.25, 0.3) is 0 Å². The molecular weight excluding hydrogens is 402 g/mol. The van der Waals surface area contributed by atoms with Gasteiger partial charge in [0.15, 0.2) is 5.60 Å². The molecule has 3 N–H and O–H groups in total. The molecule has 0 aromatic heterocycles. The number of anilines is 1. The molecule has 154 valence electrons. The van der Waals surface area contributed by atoms with Crippen molar-refractivity contribution >= 4 is 23.3 Å². The highest BCUT2D eigenvalue weighted by Gasteiger charge is 2.43. The number of fused-ring (bicyclic) bond motifs is 2. The Morgan fingerprint density at radius 3 is 2.72 bits per heavy atom. The van der Waals surface area contributed by atoms with Crippen molar-refractivity contribution in [2.45, 2.75) is 37.0 Å². The number of alkyl halides is 2. The summed E-state index contributed by atoms with van der Waals surface area (Å²) >= 11 is 6.17. The lowest BCUT2D eigenvalue weighted by atomic mass is 9.88. The van der Waals surface area contributed by atoms with E-state index in [0.29, 0.717) is 24.1 Å². The van der Waals surface area contributed by atoms with E-state index in [4.69, 9.17) is 16.3 Å². The first-order valence-electron chi connectivity index (χ1n) is 9.40. The number of amides is 2. The van der Waals surface area contributed by atoms with Gasteiger partial charge in [-0.25, -0.2) is 13.6 Å². The van der Waals surface area contributed by atoms with Crippen LogP contribution in [0.3, 0.4) is 0 Å². The van der Waals surface area contributed by atoms with E-state index in [1.807, 2.05) is 12.1 Å². The lowest BCUT2D eigenvalue weighted by molar-refractivity contribution is -0.0104. The molecule has 0 bridgehead atoms. The van der Waals surface area contributed by atoms with Crippen molar-refractivity contribution < 1.29 is 23.4 Å². The van der Waals surface area contributed by atoms with Crippen LogP contribution in [0.5, 0.6) is 5.75 Å². The monoisotopic (exact) mass is 422 g/mol. The van der Waals surface area contributed by atoms with Crippen LogP contribution in [0.4, 0.5) is 19.3 Å². The molecule has 0 radical (unpaired) electrons. The minimum absolute atomic E-state index is 0.0631. The van der Waals surface area contributed by atoms with Crippen LogP contribution in [0, 0.1) is 0 Å². The first kappa shape index (κ1) is 19.9. The summed E-state index contributed by atoms with van der Waals surface area (Å²) in [7, 11) is 0. The number of rotatable bonds is 4. The van der Waals surface area contributed by atoms with Gasteiger partial charge in [-0.1, -0.05) is 35.9 Å². The number of aliphatic hydroxyl groups is 1. The van der Waals surface area contributed by atoms with Crippen molar-refractivity contribution in [3.05, 3.63) is 58.1 Å². The Kier molecular flexibility index (Phi) is 5.36. The van der Waals surface area contributed by atoms with Gasteiger partial charge in [0, 0.05) is 24.1 Å².